The number of ether oxygens (including phenoxy) is 2. The Balaban J connectivity index is 2.15. The van der Waals surface area contributed by atoms with E-state index in [0.29, 0.717) is 25.9 Å². The van der Waals surface area contributed by atoms with Crippen LogP contribution in [0.3, 0.4) is 0 Å². The van der Waals surface area contributed by atoms with E-state index in [-0.39, 0.29) is 11.8 Å². The van der Waals surface area contributed by atoms with Crippen molar-refractivity contribution in [2.75, 3.05) is 26.8 Å². The van der Waals surface area contributed by atoms with Gasteiger partial charge in [0.1, 0.15) is 5.69 Å². The average Bonchev–Trinajstić information content (AvgIpc) is 2.44. The second kappa shape index (κ2) is 6.45. The van der Waals surface area contributed by atoms with Gasteiger partial charge >= 0.3 is 6.18 Å². The second-order valence-electron chi connectivity index (χ2n) is 6.07. The molecule has 1 aromatic heterocycles. The number of pyridine rings is 1. The fourth-order valence-electron chi connectivity index (χ4n) is 2.57. The molecule has 0 aliphatic carbocycles. The predicted octanol–water partition coefficient (Wildman–Crippen LogP) is 2.37. The molecule has 1 aromatic rings. The lowest BCUT2D eigenvalue weighted by Crippen LogP contribution is -2.55. The first-order valence-corrected chi connectivity index (χ1v) is 7.12. The van der Waals surface area contributed by atoms with E-state index in [9.17, 15) is 18.0 Å². The minimum atomic E-state index is -4.47. The Morgan fingerprint density at radius 3 is 2.70 bits per heavy atom. The average molecular weight is 332 g/mol. The molecule has 0 spiro atoms. The van der Waals surface area contributed by atoms with Crippen molar-refractivity contribution in [1.29, 1.82) is 0 Å². The molecule has 1 saturated heterocycles. The van der Waals surface area contributed by atoms with E-state index < -0.39 is 23.2 Å². The van der Waals surface area contributed by atoms with Gasteiger partial charge < -0.3 is 14.4 Å². The molecule has 5 nitrogen and oxygen atoms in total. The van der Waals surface area contributed by atoms with Crippen molar-refractivity contribution in [2.24, 2.45) is 0 Å². The van der Waals surface area contributed by atoms with Crippen molar-refractivity contribution in [3.63, 3.8) is 0 Å². The van der Waals surface area contributed by atoms with Crippen LogP contribution in [-0.4, -0.2) is 54.3 Å². The van der Waals surface area contributed by atoms with Gasteiger partial charge in [0.15, 0.2) is 0 Å². The standard InChI is InChI=1S/C15H19F3N2O3/c1-14(2)9-20(7-11(23-14)8-22-3)13(21)12-5-4-10(6-19-12)15(16,17)18/h4-6,11H,7-9H2,1-3H3/t11-/m1/s1. The van der Waals surface area contributed by atoms with Gasteiger partial charge in [-0.25, -0.2) is 0 Å². The molecule has 0 N–H and O–H groups in total. The van der Waals surface area contributed by atoms with Gasteiger partial charge in [0.05, 0.1) is 23.9 Å². The summed E-state index contributed by atoms with van der Waals surface area (Å²) in [5.41, 5.74) is -1.47. The maximum atomic E-state index is 12.5. The summed E-state index contributed by atoms with van der Waals surface area (Å²) in [7, 11) is 1.54. The lowest BCUT2D eigenvalue weighted by atomic mass is 10.0. The van der Waals surface area contributed by atoms with Crippen LogP contribution in [0.2, 0.25) is 0 Å². The molecule has 1 amide bonds. The summed E-state index contributed by atoms with van der Waals surface area (Å²) in [5, 5.41) is 0. The normalized spacial score (nSPS) is 21.3. The third-order valence-corrected chi connectivity index (χ3v) is 3.43. The molecule has 1 aliphatic rings. The van der Waals surface area contributed by atoms with Crippen LogP contribution in [0.4, 0.5) is 13.2 Å². The van der Waals surface area contributed by atoms with E-state index in [1.807, 2.05) is 13.8 Å². The van der Waals surface area contributed by atoms with E-state index >= 15 is 0 Å². The molecule has 0 saturated carbocycles. The Hall–Kier alpha value is -1.67. The minimum absolute atomic E-state index is 0.0214. The van der Waals surface area contributed by atoms with Crippen molar-refractivity contribution in [3.8, 4) is 0 Å². The van der Waals surface area contributed by atoms with Crippen LogP contribution in [0, 0.1) is 0 Å². The minimum Gasteiger partial charge on any atom is -0.382 e. The van der Waals surface area contributed by atoms with Crippen LogP contribution in [0.1, 0.15) is 29.9 Å². The summed E-state index contributed by atoms with van der Waals surface area (Å²) in [6.07, 6.45) is -4.09. The Morgan fingerprint density at radius 2 is 2.17 bits per heavy atom. The third-order valence-electron chi connectivity index (χ3n) is 3.43. The Kier molecular flexibility index (Phi) is 4.95. The van der Waals surface area contributed by atoms with Crippen LogP contribution >= 0.6 is 0 Å². The Morgan fingerprint density at radius 1 is 1.48 bits per heavy atom. The lowest BCUT2D eigenvalue weighted by Gasteiger charge is -2.42. The van der Waals surface area contributed by atoms with Gasteiger partial charge in [0, 0.05) is 26.4 Å². The molecule has 1 fully saturated rings. The smallest absolute Gasteiger partial charge is 0.382 e. The number of carbonyl (C=O) groups is 1. The number of hydrogen-bond acceptors (Lipinski definition) is 4. The quantitative estimate of drug-likeness (QED) is 0.853. The maximum Gasteiger partial charge on any atom is 0.417 e. The van der Waals surface area contributed by atoms with E-state index in [1.165, 1.54) is 12.0 Å². The zero-order valence-electron chi connectivity index (χ0n) is 13.2. The molecule has 0 radical (unpaired) electrons. The number of alkyl halides is 3. The third kappa shape index (κ3) is 4.42. The maximum absolute atomic E-state index is 12.5. The van der Waals surface area contributed by atoms with Crippen LogP contribution in [-0.2, 0) is 15.7 Å². The van der Waals surface area contributed by atoms with E-state index in [2.05, 4.69) is 4.98 Å². The highest BCUT2D eigenvalue weighted by Gasteiger charge is 2.36. The second-order valence-corrected chi connectivity index (χ2v) is 6.07. The topological polar surface area (TPSA) is 51.7 Å². The van der Waals surface area contributed by atoms with Crippen molar-refractivity contribution in [2.45, 2.75) is 31.7 Å². The van der Waals surface area contributed by atoms with Crippen LogP contribution in [0.5, 0.6) is 0 Å². The number of rotatable bonds is 3. The zero-order chi connectivity index (χ0) is 17.3. The fourth-order valence-corrected chi connectivity index (χ4v) is 2.57. The van der Waals surface area contributed by atoms with Crippen molar-refractivity contribution in [3.05, 3.63) is 29.6 Å². The molecule has 128 valence electrons. The van der Waals surface area contributed by atoms with Gasteiger partial charge in [-0.1, -0.05) is 0 Å². The number of nitrogens with zero attached hydrogens (tertiary/aromatic N) is 2. The van der Waals surface area contributed by atoms with Gasteiger partial charge in [0.2, 0.25) is 0 Å². The predicted molar refractivity (Wildman–Crippen MR) is 76.0 cm³/mol. The summed E-state index contributed by atoms with van der Waals surface area (Å²) in [6.45, 7) is 4.64. The van der Waals surface area contributed by atoms with Crippen molar-refractivity contribution < 1.29 is 27.4 Å². The number of methoxy groups -OCH3 is 1. The number of aromatic nitrogens is 1. The lowest BCUT2D eigenvalue weighted by molar-refractivity contribution is -0.143. The molecule has 0 bridgehead atoms. The zero-order valence-corrected chi connectivity index (χ0v) is 13.2. The molecule has 2 rings (SSSR count). The van der Waals surface area contributed by atoms with Crippen molar-refractivity contribution >= 4 is 5.91 Å². The molecular weight excluding hydrogens is 313 g/mol. The van der Waals surface area contributed by atoms with Gasteiger partial charge in [-0.2, -0.15) is 13.2 Å². The molecule has 8 heteroatoms. The van der Waals surface area contributed by atoms with E-state index in [4.69, 9.17) is 9.47 Å². The van der Waals surface area contributed by atoms with Gasteiger partial charge in [-0.3, -0.25) is 9.78 Å². The first-order valence-electron chi connectivity index (χ1n) is 7.12. The SMILES string of the molecule is COC[C@H]1CN(C(=O)c2ccc(C(F)(F)F)cn2)CC(C)(C)O1. The van der Waals surface area contributed by atoms with E-state index in [0.717, 1.165) is 12.1 Å². The van der Waals surface area contributed by atoms with Crippen LogP contribution < -0.4 is 0 Å². The highest BCUT2D eigenvalue weighted by Crippen LogP contribution is 2.29. The summed E-state index contributed by atoms with van der Waals surface area (Å²) in [5.74, 6) is -0.420. The summed E-state index contributed by atoms with van der Waals surface area (Å²) in [6, 6.07) is 1.96. The van der Waals surface area contributed by atoms with Gasteiger partial charge in [-0.15, -0.1) is 0 Å². The van der Waals surface area contributed by atoms with Crippen LogP contribution in [0.25, 0.3) is 0 Å². The molecule has 2 heterocycles. The summed E-state index contributed by atoms with van der Waals surface area (Å²) < 4.78 is 48.5. The first kappa shape index (κ1) is 17.7. The Labute approximate surface area is 132 Å². The van der Waals surface area contributed by atoms with Gasteiger partial charge in [0.25, 0.3) is 5.91 Å². The van der Waals surface area contributed by atoms with E-state index in [1.54, 1.807) is 0 Å². The number of carbonyl (C=O) groups excluding carboxylic acids is 1. The highest BCUT2D eigenvalue weighted by molar-refractivity contribution is 5.92. The first-order chi connectivity index (χ1) is 10.6. The largest absolute Gasteiger partial charge is 0.417 e. The fraction of sp³-hybridized carbons (Fsp3) is 0.600. The van der Waals surface area contributed by atoms with Gasteiger partial charge in [-0.05, 0) is 26.0 Å². The molecule has 1 atom stereocenters. The number of amides is 1. The number of morpholine rings is 1. The highest BCUT2D eigenvalue weighted by atomic mass is 19.4. The molecule has 0 unspecified atom stereocenters. The molecule has 1 aliphatic heterocycles. The number of halogens is 3. The number of hydrogen-bond donors (Lipinski definition) is 0. The molecule has 23 heavy (non-hydrogen) atoms. The molecular formula is C15H19F3N2O3. The molecule has 0 aromatic carbocycles. The van der Waals surface area contributed by atoms with Crippen molar-refractivity contribution in [1.82, 2.24) is 9.88 Å². The monoisotopic (exact) mass is 332 g/mol. The Bertz CT molecular complexity index is 558. The summed E-state index contributed by atoms with van der Waals surface area (Å²) in [4.78, 5) is 17.7. The van der Waals surface area contributed by atoms with Crippen LogP contribution in [0.15, 0.2) is 18.3 Å². The summed E-state index contributed by atoms with van der Waals surface area (Å²) >= 11 is 0.